The molecule has 1 aliphatic heterocycles. The molecule has 1 aromatic heterocycles. The number of halogens is 1. The number of methoxy groups -OCH3 is 1. The van der Waals surface area contributed by atoms with E-state index in [2.05, 4.69) is 4.90 Å². The van der Waals surface area contributed by atoms with E-state index in [4.69, 9.17) is 21.3 Å². The van der Waals surface area contributed by atoms with Gasteiger partial charge in [0.05, 0.1) is 22.9 Å². The highest BCUT2D eigenvalue weighted by atomic mass is 35.5. The molecular formula is C22H25ClN2O3S2. The minimum Gasteiger partial charge on any atom is -0.496 e. The fourth-order valence-corrected chi connectivity index (χ4v) is 7.81. The number of alkyl halides is 1. The van der Waals surface area contributed by atoms with Crippen LogP contribution in [0, 0.1) is 0 Å². The number of para-hydroxylation sites is 1. The van der Waals surface area contributed by atoms with Gasteiger partial charge in [0.15, 0.2) is 15.0 Å². The Morgan fingerprint density at radius 2 is 1.97 bits per heavy atom. The Kier molecular flexibility index (Phi) is 5.97. The van der Waals surface area contributed by atoms with E-state index in [-0.39, 0.29) is 5.25 Å². The average molecular weight is 465 g/mol. The van der Waals surface area contributed by atoms with Gasteiger partial charge in [0.1, 0.15) is 11.0 Å². The van der Waals surface area contributed by atoms with Crippen LogP contribution >= 0.6 is 22.9 Å². The Bertz CT molecular complexity index is 1070. The number of aromatic nitrogens is 1. The second-order valence-corrected chi connectivity index (χ2v) is 11.8. The number of ether oxygens (including phenoxy) is 1. The molecule has 2 heterocycles. The molecule has 0 bridgehead atoms. The van der Waals surface area contributed by atoms with E-state index in [1.54, 1.807) is 43.6 Å². The van der Waals surface area contributed by atoms with Gasteiger partial charge in [0, 0.05) is 24.0 Å². The lowest BCUT2D eigenvalue weighted by Gasteiger charge is -2.36. The SMILES string of the molecule is COc1ccccc1-c1csc(N2CCC(S(=O)(=O)C3C=CC=CC3(C)Cl)CC2)n1. The lowest BCUT2D eigenvalue weighted by atomic mass is 10.0. The van der Waals surface area contributed by atoms with E-state index in [1.807, 2.05) is 35.7 Å². The molecule has 5 nitrogen and oxygen atoms in total. The first-order valence-electron chi connectivity index (χ1n) is 9.94. The lowest BCUT2D eigenvalue weighted by molar-refractivity contribution is 0.416. The van der Waals surface area contributed by atoms with Crippen LogP contribution in [0.4, 0.5) is 5.13 Å². The highest BCUT2D eigenvalue weighted by molar-refractivity contribution is 7.93. The third kappa shape index (κ3) is 4.03. The zero-order valence-electron chi connectivity index (χ0n) is 17.0. The van der Waals surface area contributed by atoms with Gasteiger partial charge in [0.25, 0.3) is 0 Å². The number of nitrogens with zero attached hydrogens (tertiary/aromatic N) is 2. The van der Waals surface area contributed by atoms with Crippen LogP contribution in [0.2, 0.25) is 0 Å². The Morgan fingerprint density at radius 1 is 1.23 bits per heavy atom. The number of sulfone groups is 1. The van der Waals surface area contributed by atoms with Crippen molar-refractivity contribution in [2.24, 2.45) is 0 Å². The van der Waals surface area contributed by atoms with E-state index >= 15 is 0 Å². The van der Waals surface area contributed by atoms with Crippen molar-refractivity contribution in [1.82, 2.24) is 4.98 Å². The normalized spacial score (nSPS) is 24.9. The summed E-state index contributed by atoms with van der Waals surface area (Å²) in [6.45, 7) is 3.09. The lowest BCUT2D eigenvalue weighted by Crippen LogP contribution is -2.47. The molecule has 2 aliphatic rings. The summed E-state index contributed by atoms with van der Waals surface area (Å²) >= 11 is 8.08. The molecule has 160 valence electrons. The summed E-state index contributed by atoms with van der Waals surface area (Å²) in [4.78, 5) is 6.06. The Balaban J connectivity index is 1.46. The number of allylic oxidation sites excluding steroid dienone is 3. The quantitative estimate of drug-likeness (QED) is 0.600. The van der Waals surface area contributed by atoms with Gasteiger partial charge in [-0.2, -0.15) is 0 Å². The molecule has 2 aromatic rings. The molecule has 0 radical (unpaired) electrons. The number of piperidine rings is 1. The number of hydrogen-bond donors (Lipinski definition) is 0. The Morgan fingerprint density at radius 3 is 2.67 bits per heavy atom. The predicted octanol–water partition coefficient (Wildman–Crippen LogP) is 4.69. The van der Waals surface area contributed by atoms with Crippen molar-refractivity contribution < 1.29 is 13.2 Å². The molecule has 1 saturated heterocycles. The van der Waals surface area contributed by atoms with Gasteiger partial charge >= 0.3 is 0 Å². The molecule has 0 amide bonds. The highest BCUT2D eigenvalue weighted by Gasteiger charge is 2.44. The van der Waals surface area contributed by atoms with E-state index in [1.165, 1.54) is 0 Å². The highest BCUT2D eigenvalue weighted by Crippen LogP contribution is 2.37. The Labute approximate surface area is 187 Å². The zero-order valence-corrected chi connectivity index (χ0v) is 19.4. The van der Waals surface area contributed by atoms with E-state index < -0.39 is 20.0 Å². The molecule has 0 spiro atoms. The smallest absolute Gasteiger partial charge is 0.185 e. The molecule has 0 N–H and O–H groups in total. The summed E-state index contributed by atoms with van der Waals surface area (Å²) in [6.07, 6.45) is 8.22. The van der Waals surface area contributed by atoms with E-state index in [0.29, 0.717) is 25.9 Å². The minimum absolute atomic E-state index is 0.387. The van der Waals surface area contributed by atoms with Gasteiger partial charge < -0.3 is 9.64 Å². The first kappa shape index (κ1) is 21.4. The molecule has 4 rings (SSSR count). The van der Waals surface area contributed by atoms with Crippen LogP contribution in [0.15, 0.2) is 53.9 Å². The van der Waals surface area contributed by atoms with Crippen LogP contribution in [-0.2, 0) is 9.84 Å². The van der Waals surface area contributed by atoms with Crippen molar-refractivity contribution in [2.75, 3.05) is 25.1 Å². The minimum atomic E-state index is -3.38. The number of anilines is 1. The van der Waals surface area contributed by atoms with Crippen LogP contribution in [-0.4, -0.2) is 49.0 Å². The van der Waals surface area contributed by atoms with Crippen LogP contribution in [0.1, 0.15) is 19.8 Å². The van der Waals surface area contributed by atoms with Crippen LogP contribution < -0.4 is 9.64 Å². The molecule has 1 aromatic carbocycles. The van der Waals surface area contributed by atoms with Crippen molar-refractivity contribution in [2.45, 2.75) is 35.1 Å². The monoisotopic (exact) mass is 464 g/mol. The van der Waals surface area contributed by atoms with Gasteiger partial charge in [-0.1, -0.05) is 36.4 Å². The third-order valence-corrected chi connectivity index (χ3v) is 9.93. The maximum Gasteiger partial charge on any atom is 0.185 e. The van der Waals surface area contributed by atoms with Gasteiger partial charge in [-0.05, 0) is 31.9 Å². The zero-order chi connectivity index (χ0) is 21.4. The molecular weight excluding hydrogens is 440 g/mol. The number of thiazole rings is 1. The average Bonchev–Trinajstić information content (AvgIpc) is 3.23. The van der Waals surface area contributed by atoms with E-state index in [0.717, 1.165) is 22.1 Å². The molecule has 1 fully saturated rings. The summed E-state index contributed by atoms with van der Waals surface area (Å²) in [6, 6.07) is 7.81. The number of benzene rings is 1. The van der Waals surface area contributed by atoms with Crippen molar-refractivity contribution in [3.63, 3.8) is 0 Å². The summed E-state index contributed by atoms with van der Waals surface area (Å²) in [5.74, 6) is 0.790. The molecule has 2 atom stereocenters. The molecule has 0 saturated carbocycles. The van der Waals surface area contributed by atoms with Crippen molar-refractivity contribution in [1.29, 1.82) is 0 Å². The maximum absolute atomic E-state index is 13.2. The Hall–Kier alpha value is -1.83. The third-order valence-electron chi connectivity index (χ3n) is 5.78. The second-order valence-electron chi connectivity index (χ2n) is 7.81. The van der Waals surface area contributed by atoms with Crippen LogP contribution in [0.5, 0.6) is 5.75 Å². The van der Waals surface area contributed by atoms with Crippen LogP contribution in [0.25, 0.3) is 11.3 Å². The number of hydrogen-bond acceptors (Lipinski definition) is 6. The van der Waals surface area contributed by atoms with Gasteiger partial charge in [-0.25, -0.2) is 13.4 Å². The summed E-state index contributed by atoms with van der Waals surface area (Å²) in [5.41, 5.74) is 1.83. The summed E-state index contributed by atoms with van der Waals surface area (Å²) in [5, 5.41) is 1.86. The van der Waals surface area contributed by atoms with Crippen LogP contribution in [0.3, 0.4) is 0 Å². The molecule has 1 aliphatic carbocycles. The van der Waals surface area contributed by atoms with Gasteiger partial charge in [0.2, 0.25) is 0 Å². The van der Waals surface area contributed by atoms with Crippen molar-refractivity contribution in [3.8, 4) is 17.0 Å². The molecule has 8 heteroatoms. The van der Waals surface area contributed by atoms with Gasteiger partial charge in [-0.3, -0.25) is 0 Å². The second kappa shape index (κ2) is 8.36. The fourth-order valence-electron chi connectivity index (χ4n) is 4.09. The van der Waals surface area contributed by atoms with E-state index in [9.17, 15) is 8.42 Å². The van der Waals surface area contributed by atoms with Gasteiger partial charge in [-0.15, -0.1) is 22.9 Å². The number of rotatable bonds is 5. The first-order valence-corrected chi connectivity index (χ1v) is 12.8. The van der Waals surface area contributed by atoms with Crippen molar-refractivity contribution >= 4 is 37.9 Å². The fraction of sp³-hybridized carbons (Fsp3) is 0.409. The predicted molar refractivity (Wildman–Crippen MR) is 125 cm³/mol. The first-order chi connectivity index (χ1) is 14.3. The summed E-state index contributed by atoms with van der Waals surface area (Å²) < 4.78 is 31.9. The molecule has 30 heavy (non-hydrogen) atoms. The maximum atomic E-state index is 13.2. The summed E-state index contributed by atoms with van der Waals surface area (Å²) in [7, 11) is -1.72. The van der Waals surface area contributed by atoms with Crippen molar-refractivity contribution in [3.05, 3.63) is 53.9 Å². The largest absolute Gasteiger partial charge is 0.496 e. The molecule has 2 unspecified atom stereocenters. The topological polar surface area (TPSA) is 59.5 Å². The standard InChI is InChI=1S/C22H25ClN2O3S2/c1-22(23)12-6-5-9-20(22)30(26,27)16-10-13-25(14-11-16)21-24-18(15-29-21)17-7-3-4-8-19(17)28-2/h3-9,12,15-16,20H,10-11,13-14H2,1-2H3.